The van der Waals surface area contributed by atoms with Crippen LogP contribution in [-0.4, -0.2) is 32.2 Å². The van der Waals surface area contributed by atoms with Gasteiger partial charge in [0.15, 0.2) is 11.5 Å². The van der Waals surface area contributed by atoms with E-state index in [0.717, 1.165) is 27.8 Å². The minimum atomic E-state index is -1.11. The van der Waals surface area contributed by atoms with E-state index in [1.807, 2.05) is 66.7 Å². The first-order valence-corrected chi connectivity index (χ1v) is 12.1. The van der Waals surface area contributed by atoms with Crippen LogP contribution in [0.5, 0.6) is 11.5 Å². The minimum Gasteiger partial charge on any atom is -0.485 e. The number of aliphatic carboxylic acids is 1. The van der Waals surface area contributed by atoms with Gasteiger partial charge in [0.05, 0.1) is 4.91 Å². The number of thiocarbonyl (C=S) groups is 1. The molecule has 6 nitrogen and oxygen atoms in total. The average Bonchev–Trinajstić information content (AvgIpc) is 3.15. The number of rotatable bonds is 9. The van der Waals surface area contributed by atoms with Crippen LogP contribution >= 0.6 is 24.0 Å². The van der Waals surface area contributed by atoms with Crippen LogP contribution in [0.1, 0.15) is 23.6 Å². The third kappa shape index (κ3) is 6.09. The molecule has 0 aromatic heterocycles. The van der Waals surface area contributed by atoms with Crippen LogP contribution in [0.2, 0.25) is 0 Å². The highest BCUT2D eigenvalue weighted by molar-refractivity contribution is 8.26. The Morgan fingerprint density at radius 3 is 2.11 bits per heavy atom. The van der Waals surface area contributed by atoms with Crippen molar-refractivity contribution in [1.29, 1.82) is 0 Å². The Hall–Kier alpha value is -3.62. The van der Waals surface area contributed by atoms with E-state index >= 15 is 0 Å². The molecule has 0 saturated carbocycles. The smallest absolute Gasteiger partial charge is 0.326 e. The molecule has 8 heteroatoms. The quantitative estimate of drug-likeness (QED) is 0.303. The molecule has 0 bridgehead atoms. The van der Waals surface area contributed by atoms with Gasteiger partial charge in [0, 0.05) is 0 Å². The molecule has 4 rings (SSSR count). The van der Waals surface area contributed by atoms with Crippen LogP contribution in [-0.2, 0) is 22.8 Å². The highest BCUT2D eigenvalue weighted by Gasteiger charge is 2.38. The molecule has 1 N–H and O–H groups in total. The largest absolute Gasteiger partial charge is 0.485 e. The maximum absolute atomic E-state index is 12.8. The minimum absolute atomic E-state index is 0.222. The van der Waals surface area contributed by atoms with Crippen molar-refractivity contribution in [3.05, 3.63) is 100 Å². The van der Waals surface area contributed by atoms with Crippen molar-refractivity contribution in [2.24, 2.45) is 0 Å². The topological polar surface area (TPSA) is 76.1 Å². The molecule has 178 valence electrons. The lowest BCUT2D eigenvalue weighted by Crippen LogP contribution is -2.41. The Morgan fingerprint density at radius 2 is 1.54 bits per heavy atom. The Labute approximate surface area is 213 Å². The number of carboxylic acids is 1. The SMILES string of the molecule is CC(C(=O)O)N1C(=O)C(=Cc2ccc(OCc3ccccc3)c(OCc3ccccc3)c2)SC1=S. The molecule has 1 unspecified atom stereocenters. The fraction of sp³-hybridized carbons (Fsp3) is 0.148. The fourth-order valence-corrected chi connectivity index (χ4v) is 4.81. The zero-order chi connectivity index (χ0) is 24.8. The maximum Gasteiger partial charge on any atom is 0.326 e. The molecule has 0 aliphatic carbocycles. The van der Waals surface area contributed by atoms with Gasteiger partial charge in [0.25, 0.3) is 5.91 Å². The number of carbonyl (C=O) groups is 2. The lowest BCUT2D eigenvalue weighted by atomic mass is 10.1. The number of amides is 1. The Bertz CT molecular complexity index is 1260. The monoisotopic (exact) mass is 505 g/mol. The van der Waals surface area contributed by atoms with Gasteiger partial charge in [-0.1, -0.05) is 90.7 Å². The van der Waals surface area contributed by atoms with Gasteiger partial charge in [-0.3, -0.25) is 9.69 Å². The number of hydrogen-bond acceptors (Lipinski definition) is 6. The van der Waals surface area contributed by atoms with Crippen LogP contribution < -0.4 is 9.47 Å². The predicted octanol–water partition coefficient (Wildman–Crippen LogP) is 5.52. The van der Waals surface area contributed by atoms with Gasteiger partial charge in [-0.2, -0.15) is 0 Å². The van der Waals surface area contributed by atoms with E-state index in [1.165, 1.54) is 6.92 Å². The maximum atomic E-state index is 12.8. The molecule has 1 fully saturated rings. The fourth-order valence-electron chi connectivity index (χ4n) is 3.39. The van der Waals surface area contributed by atoms with Crippen LogP contribution in [0.25, 0.3) is 6.08 Å². The van der Waals surface area contributed by atoms with Crippen LogP contribution in [0.15, 0.2) is 83.8 Å². The summed E-state index contributed by atoms with van der Waals surface area (Å²) in [5.74, 6) is -0.424. The molecular weight excluding hydrogens is 482 g/mol. The molecule has 3 aromatic carbocycles. The third-order valence-electron chi connectivity index (χ3n) is 5.31. The number of nitrogens with zero attached hydrogens (tertiary/aromatic N) is 1. The number of carboxylic acid groups (broad SMARTS) is 1. The summed E-state index contributed by atoms with van der Waals surface area (Å²) in [7, 11) is 0. The van der Waals surface area contributed by atoms with Gasteiger partial charge >= 0.3 is 5.97 Å². The highest BCUT2D eigenvalue weighted by Crippen LogP contribution is 2.36. The van der Waals surface area contributed by atoms with Gasteiger partial charge in [0.2, 0.25) is 0 Å². The Balaban J connectivity index is 1.58. The van der Waals surface area contributed by atoms with E-state index in [-0.39, 0.29) is 4.32 Å². The second-order valence-electron chi connectivity index (χ2n) is 7.82. The highest BCUT2D eigenvalue weighted by atomic mass is 32.2. The van der Waals surface area contributed by atoms with Gasteiger partial charge in [0.1, 0.15) is 23.6 Å². The number of benzene rings is 3. The van der Waals surface area contributed by atoms with Crippen molar-refractivity contribution < 1.29 is 24.2 Å². The van der Waals surface area contributed by atoms with E-state index in [1.54, 1.807) is 18.2 Å². The molecule has 1 atom stereocenters. The summed E-state index contributed by atoms with van der Waals surface area (Å²) in [5.41, 5.74) is 2.75. The van der Waals surface area contributed by atoms with Gasteiger partial charge in [-0.25, -0.2) is 4.79 Å². The first-order valence-electron chi connectivity index (χ1n) is 10.9. The van der Waals surface area contributed by atoms with Crippen LogP contribution in [0.4, 0.5) is 0 Å². The number of carbonyl (C=O) groups excluding carboxylic acids is 1. The molecule has 3 aromatic rings. The normalized spacial score (nSPS) is 15.3. The van der Waals surface area contributed by atoms with Crippen molar-refractivity contribution in [2.75, 3.05) is 0 Å². The molecule has 1 aliphatic rings. The van der Waals surface area contributed by atoms with E-state index in [0.29, 0.717) is 35.2 Å². The second-order valence-corrected chi connectivity index (χ2v) is 9.50. The van der Waals surface area contributed by atoms with Gasteiger partial charge in [-0.15, -0.1) is 0 Å². The van der Waals surface area contributed by atoms with Crippen molar-refractivity contribution in [2.45, 2.75) is 26.2 Å². The number of ether oxygens (including phenoxy) is 2. The van der Waals surface area contributed by atoms with E-state index in [9.17, 15) is 14.7 Å². The predicted molar refractivity (Wildman–Crippen MR) is 140 cm³/mol. The van der Waals surface area contributed by atoms with Gasteiger partial charge < -0.3 is 14.6 Å². The molecule has 35 heavy (non-hydrogen) atoms. The lowest BCUT2D eigenvalue weighted by Gasteiger charge is -2.18. The molecule has 0 radical (unpaired) electrons. The third-order valence-corrected chi connectivity index (χ3v) is 6.64. The first kappa shape index (κ1) is 24.5. The zero-order valence-corrected chi connectivity index (χ0v) is 20.6. The summed E-state index contributed by atoms with van der Waals surface area (Å²) in [6, 6.07) is 24.0. The standard InChI is InChI=1S/C27H23NO5S2/c1-18(26(30)31)28-25(29)24(35-27(28)34)15-21-12-13-22(32-16-19-8-4-2-5-9-19)23(14-21)33-17-20-10-6-3-7-11-20/h2-15,18H,16-17H2,1H3,(H,30,31). The van der Waals surface area contributed by atoms with Crippen molar-refractivity contribution in [3.8, 4) is 11.5 Å². The molecule has 1 aliphatic heterocycles. The summed E-state index contributed by atoms with van der Waals surface area (Å²) in [6.07, 6.45) is 1.68. The molecule has 0 spiro atoms. The first-order chi connectivity index (χ1) is 16.9. The average molecular weight is 506 g/mol. The lowest BCUT2D eigenvalue weighted by molar-refractivity contribution is -0.144. The number of hydrogen-bond donors (Lipinski definition) is 1. The summed E-state index contributed by atoms with van der Waals surface area (Å²) in [4.78, 5) is 25.7. The van der Waals surface area contributed by atoms with Crippen molar-refractivity contribution in [3.63, 3.8) is 0 Å². The molecular formula is C27H23NO5S2. The summed E-state index contributed by atoms with van der Waals surface area (Å²) < 4.78 is 12.4. The van der Waals surface area contributed by atoms with E-state index < -0.39 is 17.9 Å². The van der Waals surface area contributed by atoms with Crippen LogP contribution in [0, 0.1) is 0 Å². The van der Waals surface area contributed by atoms with Gasteiger partial charge in [-0.05, 0) is 41.8 Å². The Morgan fingerprint density at radius 1 is 0.971 bits per heavy atom. The summed E-state index contributed by atoms with van der Waals surface area (Å²) >= 11 is 6.33. The summed E-state index contributed by atoms with van der Waals surface area (Å²) in [5, 5.41) is 9.29. The zero-order valence-electron chi connectivity index (χ0n) is 18.9. The van der Waals surface area contributed by atoms with E-state index in [4.69, 9.17) is 21.7 Å². The van der Waals surface area contributed by atoms with Crippen molar-refractivity contribution >= 4 is 46.3 Å². The van der Waals surface area contributed by atoms with Crippen LogP contribution in [0.3, 0.4) is 0 Å². The van der Waals surface area contributed by atoms with E-state index in [2.05, 4.69) is 0 Å². The molecule has 1 heterocycles. The Kier molecular flexibility index (Phi) is 7.84. The molecule has 1 saturated heterocycles. The second kappa shape index (κ2) is 11.2. The molecule has 1 amide bonds. The summed E-state index contributed by atoms with van der Waals surface area (Å²) in [6.45, 7) is 2.17. The van der Waals surface area contributed by atoms with Crippen molar-refractivity contribution in [1.82, 2.24) is 4.90 Å². The number of thioether (sulfide) groups is 1.